The maximum Gasteiger partial charge on any atom is 0.162 e. The van der Waals surface area contributed by atoms with Crippen molar-refractivity contribution >= 4 is 15.9 Å². The fourth-order valence-electron chi connectivity index (χ4n) is 0.816. The van der Waals surface area contributed by atoms with Gasteiger partial charge in [0.1, 0.15) is 0 Å². The van der Waals surface area contributed by atoms with E-state index in [0.29, 0.717) is 5.92 Å². The number of ether oxygens (including phenoxy) is 2. The van der Waals surface area contributed by atoms with Crippen molar-refractivity contribution in [2.45, 2.75) is 19.6 Å². The summed E-state index contributed by atoms with van der Waals surface area (Å²) in [4.78, 5) is 0. The van der Waals surface area contributed by atoms with E-state index in [-0.39, 0.29) is 5.79 Å². The fourth-order valence-corrected chi connectivity index (χ4v) is 1.19. The van der Waals surface area contributed by atoms with Crippen LogP contribution in [0.5, 0.6) is 0 Å². The second-order valence-corrected chi connectivity index (χ2v) is 3.69. The fraction of sp³-hybridized carbons (Fsp3) is 1.00. The predicted molar refractivity (Wildman–Crippen MR) is 43.3 cm³/mol. The Balaban J connectivity index is 2.31. The third-order valence-electron chi connectivity index (χ3n) is 1.55. The lowest BCUT2D eigenvalue weighted by Gasteiger charge is -2.34. The number of rotatable bonds is 1. The molecule has 0 saturated carbocycles. The highest BCUT2D eigenvalue weighted by Crippen LogP contribution is 2.20. The lowest BCUT2D eigenvalue weighted by molar-refractivity contribution is -0.259. The van der Waals surface area contributed by atoms with E-state index < -0.39 is 0 Å². The predicted octanol–water partition coefficient (Wildman–Crippen LogP) is 1.78. The molecule has 10 heavy (non-hydrogen) atoms. The zero-order valence-corrected chi connectivity index (χ0v) is 7.98. The number of halogens is 1. The first-order valence-electron chi connectivity index (χ1n) is 3.48. The Labute approximate surface area is 70.0 Å². The number of alkyl halides is 1. The number of hydrogen-bond donors (Lipinski definition) is 0. The Hall–Kier alpha value is 0.400. The topological polar surface area (TPSA) is 18.5 Å². The minimum absolute atomic E-state index is 0.362. The summed E-state index contributed by atoms with van der Waals surface area (Å²) in [5, 5.41) is 0.961. The van der Waals surface area contributed by atoms with E-state index in [1.807, 2.05) is 13.8 Å². The van der Waals surface area contributed by atoms with Crippen LogP contribution >= 0.6 is 15.9 Å². The molecular weight excluding hydrogens is 196 g/mol. The van der Waals surface area contributed by atoms with Crippen LogP contribution in [0.15, 0.2) is 0 Å². The van der Waals surface area contributed by atoms with Crippen LogP contribution < -0.4 is 0 Å². The molecule has 1 aliphatic heterocycles. The van der Waals surface area contributed by atoms with Gasteiger partial charge in [-0.2, -0.15) is 0 Å². The van der Waals surface area contributed by atoms with Crippen LogP contribution in [0.2, 0.25) is 0 Å². The Kier molecular flexibility index (Phi) is 2.72. The quantitative estimate of drug-likeness (QED) is 0.613. The molecule has 1 heterocycles. The molecule has 1 saturated heterocycles. The lowest BCUT2D eigenvalue weighted by Crippen LogP contribution is -2.39. The van der Waals surface area contributed by atoms with Gasteiger partial charge in [-0.15, -0.1) is 0 Å². The molecular formula is C7H13BrO2. The van der Waals surface area contributed by atoms with E-state index in [0.717, 1.165) is 18.5 Å². The summed E-state index contributed by atoms with van der Waals surface area (Å²) in [6.07, 6.45) is 0. The first-order chi connectivity index (χ1) is 4.64. The van der Waals surface area contributed by atoms with Gasteiger partial charge in [0.2, 0.25) is 0 Å². The molecule has 0 radical (unpaired) electrons. The maximum atomic E-state index is 5.42. The molecule has 0 N–H and O–H groups in total. The third-order valence-corrected chi connectivity index (χ3v) is 2.47. The van der Waals surface area contributed by atoms with Crippen LogP contribution in [0, 0.1) is 5.92 Å². The standard InChI is InChI=1S/C7H13BrO2/c1-7(2)9-4-6(3-8)5-10-7/h6H,3-5H2,1-2H3. The van der Waals surface area contributed by atoms with Crippen molar-refractivity contribution in [1.29, 1.82) is 0 Å². The number of hydrogen-bond acceptors (Lipinski definition) is 2. The Morgan fingerprint density at radius 1 is 1.40 bits per heavy atom. The molecule has 0 aromatic rings. The van der Waals surface area contributed by atoms with Crippen molar-refractivity contribution in [3.63, 3.8) is 0 Å². The van der Waals surface area contributed by atoms with Gasteiger partial charge in [0.15, 0.2) is 5.79 Å². The van der Waals surface area contributed by atoms with Crippen molar-refractivity contribution in [3.05, 3.63) is 0 Å². The van der Waals surface area contributed by atoms with Gasteiger partial charge in [-0.1, -0.05) is 15.9 Å². The average Bonchev–Trinajstić information content (AvgIpc) is 1.88. The molecule has 2 nitrogen and oxygen atoms in total. The van der Waals surface area contributed by atoms with Crippen molar-refractivity contribution in [2.75, 3.05) is 18.5 Å². The minimum Gasteiger partial charge on any atom is -0.350 e. The molecule has 0 atom stereocenters. The highest BCUT2D eigenvalue weighted by Gasteiger charge is 2.27. The van der Waals surface area contributed by atoms with Crippen LogP contribution in [0.1, 0.15) is 13.8 Å². The highest BCUT2D eigenvalue weighted by molar-refractivity contribution is 9.09. The maximum absolute atomic E-state index is 5.42. The molecule has 60 valence electrons. The van der Waals surface area contributed by atoms with Gasteiger partial charge in [0.25, 0.3) is 0 Å². The Morgan fingerprint density at radius 2 is 1.90 bits per heavy atom. The van der Waals surface area contributed by atoms with Crippen molar-refractivity contribution in [3.8, 4) is 0 Å². The second kappa shape index (κ2) is 3.20. The van der Waals surface area contributed by atoms with E-state index in [2.05, 4.69) is 15.9 Å². The summed E-state index contributed by atoms with van der Waals surface area (Å²) < 4.78 is 10.8. The summed E-state index contributed by atoms with van der Waals surface area (Å²) in [7, 11) is 0. The summed E-state index contributed by atoms with van der Waals surface area (Å²) in [5.41, 5.74) is 0. The van der Waals surface area contributed by atoms with Gasteiger partial charge >= 0.3 is 0 Å². The van der Waals surface area contributed by atoms with E-state index in [1.165, 1.54) is 0 Å². The summed E-state index contributed by atoms with van der Waals surface area (Å²) >= 11 is 3.39. The molecule has 0 aromatic carbocycles. The molecule has 1 rings (SSSR count). The second-order valence-electron chi connectivity index (χ2n) is 3.04. The van der Waals surface area contributed by atoms with Crippen LogP contribution in [-0.2, 0) is 9.47 Å². The monoisotopic (exact) mass is 208 g/mol. The molecule has 1 aliphatic rings. The highest BCUT2D eigenvalue weighted by atomic mass is 79.9. The Morgan fingerprint density at radius 3 is 2.30 bits per heavy atom. The van der Waals surface area contributed by atoms with Crippen LogP contribution in [0.4, 0.5) is 0 Å². The first-order valence-corrected chi connectivity index (χ1v) is 4.60. The van der Waals surface area contributed by atoms with Crippen molar-refractivity contribution < 1.29 is 9.47 Å². The largest absolute Gasteiger partial charge is 0.350 e. The molecule has 0 spiro atoms. The summed E-state index contributed by atoms with van der Waals surface area (Å²) in [5.74, 6) is 0.159. The first kappa shape index (κ1) is 8.50. The summed E-state index contributed by atoms with van der Waals surface area (Å²) in [6.45, 7) is 5.49. The molecule has 1 fully saturated rings. The molecule has 0 amide bonds. The van der Waals surface area contributed by atoms with Crippen LogP contribution in [-0.4, -0.2) is 24.3 Å². The average molecular weight is 209 g/mol. The van der Waals surface area contributed by atoms with E-state index in [4.69, 9.17) is 9.47 Å². The van der Waals surface area contributed by atoms with Crippen molar-refractivity contribution in [2.24, 2.45) is 5.92 Å². The summed E-state index contributed by atoms with van der Waals surface area (Å²) in [6, 6.07) is 0. The normalized spacial score (nSPS) is 26.7. The van der Waals surface area contributed by atoms with E-state index in [9.17, 15) is 0 Å². The molecule has 0 bridgehead atoms. The van der Waals surface area contributed by atoms with E-state index in [1.54, 1.807) is 0 Å². The molecule has 0 aliphatic carbocycles. The van der Waals surface area contributed by atoms with Gasteiger partial charge in [0.05, 0.1) is 13.2 Å². The Bertz CT molecular complexity index is 104. The molecule has 0 aromatic heterocycles. The van der Waals surface area contributed by atoms with Gasteiger partial charge in [-0.3, -0.25) is 0 Å². The lowest BCUT2D eigenvalue weighted by atomic mass is 10.2. The van der Waals surface area contributed by atoms with Gasteiger partial charge < -0.3 is 9.47 Å². The van der Waals surface area contributed by atoms with Crippen LogP contribution in [0.25, 0.3) is 0 Å². The molecule has 0 unspecified atom stereocenters. The smallest absolute Gasteiger partial charge is 0.162 e. The van der Waals surface area contributed by atoms with E-state index >= 15 is 0 Å². The van der Waals surface area contributed by atoms with Gasteiger partial charge in [-0.05, 0) is 13.8 Å². The molecule has 3 heteroatoms. The third kappa shape index (κ3) is 2.22. The SMILES string of the molecule is CC1(C)OCC(CBr)CO1. The van der Waals surface area contributed by atoms with Gasteiger partial charge in [-0.25, -0.2) is 0 Å². The van der Waals surface area contributed by atoms with Crippen molar-refractivity contribution in [1.82, 2.24) is 0 Å². The zero-order chi connectivity index (χ0) is 7.61. The van der Waals surface area contributed by atoms with Gasteiger partial charge in [0, 0.05) is 11.2 Å². The zero-order valence-electron chi connectivity index (χ0n) is 6.39. The minimum atomic E-state index is -0.362. The van der Waals surface area contributed by atoms with Crippen LogP contribution in [0.3, 0.4) is 0 Å².